The number of hydrogen-bond donors (Lipinski definition) is 2. The molecule has 0 spiro atoms. The van der Waals surface area contributed by atoms with E-state index in [0.717, 1.165) is 0 Å². The van der Waals surface area contributed by atoms with E-state index in [9.17, 15) is 14.7 Å². The molecule has 0 aliphatic carbocycles. The Morgan fingerprint density at radius 3 is 2.88 bits per heavy atom. The first-order valence-electron chi connectivity index (χ1n) is 5.34. The van der Waals surface area contributed by atoms with Crippen LogP contribution in [0.25, 0.3) is 0 Å². The number of hydrogen-bond acceptors (Lipinski definition) is 4. The van der Waals surface area contributed by atoms with Crippen molar-refractivity contribution in [1.82, 2.24) is 0 Å². The second kappa shape index (κ2) is 4.45. The highest BCUT2D eigenvalue weighted by Gasteiger charge is 2.32. The molecular formula is C12H12O5. The molecular weight excluding hydrogens is 224 g/mol. The molecule has 0 aromatic heterocycles. The standard InChI is InChI=1S/C12H12O5/c13-8-4-1-3-7-9(5-2-6-10(14)15)17-12(16)11(7)8/h1,3-4,9,13H,2,5-6H2,(H,14,15). The van der Waals surface area contributed by atoms with Crippen molar-refractivity contribution in [3.8, 4) is 5.75 Å². The summed E-state index contributed by atoms with van der Waals surface area (Å²) in [5.74, 6) is -1.50. The van der Waals surface area contributed by atoms with Crippen LogP contribution in [-0.4, -0.2) is 22.2 Å². The van der Waals surface area contributed by atoms with Crippen LogP contribution in [0.3, 0.4) is 0 Å². The fourth-order valence-electron chi connectivity index (χ4n) is 1.95. The zero-order valence-corrected chi connectivity index (χ0v) is 9.05. The van der Waals surface area contributed by atoms with Crippen molar-refractivity contribution in [2.24, 2.45) is 0 Å². The number of rotatable bonds is 4. The summed E-state index contributed by atoms with van der Waals surface area (Å²) < 4.78 is 5.10. The van der Waals surface area contributed by atoms with E-state index in [2.05, 4.69) is 0 Å². The summed E-state index contributed by atoms with van der Waals surface area (Å²) in [5, 5.41) is 18.1. The van der Waals surface area contributed by atoms with Gasteiger partial charge in [-0.3, -0.25) is 4.79 Å². The average Bonchev–Trinajstić information content (AvgIpc) is 2.57. The van der Waals surface area contributed by atoms with Crippen LogP contribution in [0.4, 0.5) is 0 Å². The highest BCUT2D eigenvalue weighted by molar-refractivity contribution is 5.96. The summed E-state index contributed by atoms with van der Waals surface area (Å²) in [6.07, 6.45) is 0.489. The van der Waals surface area contributed by atoms with Gasteiger partial charge in [-0.15, -0.1) is 0 Å². The Labute approximate surface area is 97.6 Å². The van der Waals surface area contributed by atoms with Crippen molar-refractivity contribution in [2.75, 3.05) is 0 Å². The van der Waals surface area contributed by atoms with E-state index in [4.69, 9.17) is 9.84 Å². The largest absolute Gasteiger partial charge is 0.507 e. The number of aliphatic carboxylic acids is 1. The fourth-order valence-corrected chi connectivity index (χ4v) is 1.95. The molecule has 2 N–H and O–H groups in total. The van der Waals surface area contributed by atoms with Crippen LogP contribution in [0.5, 0.6) is 5.75 Å². The van der Waals surface area contributed by atoms with Crippen LogP contribution in [-0.2, 0) is 9.53 Å². The molecule has 90 valence electrons. The van der Waals surface area contributed by atoms with Crippen LogP contribution in [0, 0.1) is 0 Å². The number of ether oxygens (including phenoxy) is 1. The number of carbonyl (C=O) groups excluding carboxylic acids is 1. The van der Waals surface area contributed by atoms with Crippen LogP contribution in [0.1, 0.15) is 41.3 Å². The monoisotopic (exact) mass is 236 g/mol. The molecule has 1 atom stereocenters. The third-order valence-corrected chi connectivity index (χ3v) is 2.73. The van der Waals surface area contributed by atoms with Crippen molar-refractivity contribution in [1.29, 1.82) is 0 Å². The fraction of sp³-hybridized carbons (Fsp3) is 0.333. The van der Waals surface area contributed by atoms with Crippen molar-refractivity contribution >= 4 is 11.9 Å². The molecule has 1 heterocycles. The maximum absolute atomic E-state index is 11.5. The lowest BCUT2D eigenvalue weighted by atomic mass is 10.0. The third-order valence-electron chi connectivity index (χ3n) is 2.73. The Balaban J connectivity index is 2.12. The van der Waals surface area contributed by atoms with Crippen molar-refractivity contribution in [3.63, 3.8) is 0 Å². The number of cyclic esters (lactones) is 1. The van der Waals surface area contributed by atoms with Gasteiger partial charge in [0.25, 0.3) is 0 Å². The summed E-state index contributed by atoms with van der Waals surface area (Å²) in [7, 11) is 0. The van der Waals surface area contributed by atoms with Crippen molar-refractivity contribution in [2.45, 2.75) is 25.4 Å². The lowest BCUT2D eigenvalue weighted by Gasteiger charge is -2.09. The van der Waals surface area contributed by atoms with E-state index in [0.29, 0.717) is 18.4 Å². The zero-order valence-electron chi connectivity index (χ0n) is 9.05. The molecule has 17 heavy (non-hydrogen) atoms. The number of fused-ring (bicyclic) bond motifs is 1. The van der Waals surface area contributed by atoms with E-state index in [1.165, 1.54) is 6.07 Å². The van der Waals surface area contributed by atoms with E-state index >= 15 is 0 Å². The van der Waals surface area contributed by atoms with Gasteiger partial charge in [0, 0.05) is 12.0 Å². The number of carboxylic acid groups (broad SMARTS) is 1. The van der Waals surface area contributed by atoms with Gasteiger partial charge in [0.05, 0.1) is 0 Å². The average molecular weight is 236 g/mol. The number of carbonyl (C=O) groups is 2. The third kappa shape index (κ3) is 2.22. The Bertz CT molecular complexity index is 466. The summed E-state index contributed by atoms with van der Waals surface area (Å²) in [6.45, 7) is 0. The molecule has 1 aliphatic heterocycles. The maximum atomic E-state index is 11.5. The molecule has 1 aromatic rings. The van der Waals surface area contributed by atoms with Gasteiger partial charge >= 0.3 is 11.9 Å². The lowest BCUT2D eigenvalue weighted by Crippen LogP contribution is -2.01. The number of esters is 1. The van der Waals surface area contributed by atoms with Gasteiger partial charge in [0.2, 0.25) is 0 Å². The highest BCUT2D eigenvalue weighted by Crippen LogP contribution is 2.38. The molecule has 0 fully saturated rings. The Morgan fingerprint density at radius 2 is 2.18 bits per heavy atom. The summed E-state index contributed by atoms with van der Waals surface area (Å²) in [4.78, 5) is 21.9. The predicted octanol–water partition coefficient (Wildman–Crippen LogP) is 1.86. The van der Waals surface area contributed by atoms with Crippen LogP contribution < -0.4 is 0 Å². The van der Waals surface area contributed by atoms with Crippen molar-refractivity contribution < 1.29 is 24.5 Å². The Kier molecular flexibility index (Phi) is 2.99. The maximum Gasteiger partial charge on any atom is 0.342 e. The minimum absolute atomic E-state index is 0.0438. The number of phenols is 1. The molecule has 2 rings (SSSR count). The van der Waals surface area contributed by atoms with Crippen LogP contribution in [0.15, 0.2) is 18.2 Å². The predicted molar refractivity (Wildman–Crippen MR) is 57.8 cm³/mol. The van der Waals surface area contributed by atoms with E-state index in [1.54, 1.807) is 12.1 Å². The molecule has 0 saturated heterocycles. The Morgan fingerprint density at radius 1 is 1.41 bits per heavy atom. The summed E-state index contributed by atoms with van der Waals surface area (Å²) in [5.41, 5.74) is 0.841. The Hall–Kier alpha value is -2.04. The van der Waals surface area contributed by atoms with Crippen LogP contribution >= 0.6 is 0 Å². The number of phenolic OH excluding ortho intramolecular Hbond substituents is 1. The smallest absolute Gasteiger partial charge is 0.342 e. The minimum Gasteiger partial charge on any atom is -0.507 e. The number of benzene rings is 1. The number of aromatic hydroxyl groups is 1. The molecule has 1 unspecified atom stereocenters. The minimum atomic E-state index is -0.870. The van der Waals surface area contributed by atoms with E-state index in [-0.39, 0.29) is 17.7 Å². The molecule has 0 bridgehead atoms. The lowest BCUT2D eigenvalue weighted by molar-refractivity contribution is -0.137. The zero-order chi connectivity index (χ0) is 12.4. The quantitative estimate of drug-likeness (QED) is 0.779. The molecule has 5 heteroatoms. The van der Waals surface area contributed by atoms with Gasteiger partial charge in [-0.25, -0.2) is 4.79 Å². The second-order valence-electron chi connectivity index (χ2n) is 3.92. The van der Waals surface area contributed by atoms with Gasteiger partial charge in [-0.05, 0) is 18.9 Å². The topological polar surface area (TPSA) is 83.8 Å². The molecule has 0 saturated carbocycles. The first-order chi connectivity index (χ1) is 8.09. The SMILES string of the molecule is O=C(O)CCCC1OC(=O)c2c(O)cccc21. The van der Waals surface area contributed by atoms with Gasteiger partial charge < -0.3 is 14.9 Å². The van der Waals surface area contributed by atoms with E-state index in [1.807, 2.05) is 0 Å². The highest BCUT2D eigenvalue weighted by atomic mass is 16.5. The van der Waals surface area contributed by atoms with Gasteiger partial charge in [0.15, 0.2) is 0 Å². The second-order valence-corrected chi connectivity index (χ2v) is 3.92. The van der Waals surface area contributed by atoms with Gasteiger partial charge in [-0.1, -0.05) is 12.1 Å². The van der Waals surface area contributed by atoms with Crippen molar-refractivity contribution in [3.05, 3.63) is 29.3 Å². The molecule has 5 nitrogen and oxygen atoms in total. The first-order valence-corrected chi connectivity index (χ1v) is 5.34. The molecule has 0 amide bonds. The molecule has 0 radical (unpaired) electrons. The molecule has 1 aliphatic rings. The number of carboxylic acids is 1. The summed E-state index contributed by atoms with van der Waals surface area (Å²) in [6, 6.07) is 4.78. The summed E-state index contributed by atoms with van der Waals surface area (Å²) >= 11 is 0. The van der Waals surface area contributed by atoms with Gasteiger partial charge in [-0.2, -0.15) is 0 Å². The van der Waals surface area contributed by atoms with Gasteiger partial charge in [0.1, 0.15) is 17.4 Å². The first kappa shape index (κ1) is 11.4. The van der Waals surface area contributed by atoms with Crippen LogP contribution in [0.2, 0.25) is 0 Å². The van der Waals surface area contributed by atoms with E-state index < -0.39 is 18.0 Å². The molecule has 1 aromatic carbocycles. The normalized spacial score (nSPS) is 17.6.